The van der Waals surface area contributed by atoms with Crippen LogP contribution in [0.2, 0.25) is 0 Å². The van der Waals surface area contributed by atoms with E-state index in [2.05, 4.69) is 0 Å². The highest BCUT2D eigenvalue weighted by Gasteiger charge is 2.42. The molecular weight excluding hydrogens is 136 g/mol. The van der Waals surface area contributed by atoms with Gasteiger partial charge in [-0.2, -0.15) is 0 Å². The van der Waals surface area contributed by atoms with Crippen molar-refractivity contribution >= 4 is 5.78 Å². The number of carbonyl (C=O) groups excluding carboxylic acids is 1. The summed E-state index contributed by atoms with van der Waals surface area (Å²) >= 11 is 0. The first-order valence-electron chi connectivity index (χ1n) is 3.25. The Hall–Kier alpha value is -0.450. The van der Waals surface area contributed by atoms with Gasteiger partial charge in [-0.15, -0.1) is 0 Å². The van der Waals surface area contributed by atoms with Crippen LogP contribution >= 0.6 is 0 Å². The van der Waals surface area contributed by atoms with E-state index in [1.54, 1.807) is 0 Å². The smallest absolute Gasteiger partial charge is 0.218 e. The van der Waals surface area contributed by atoms with Crippen molar-refractivity contribution < 1.29 is 19.4 Å². The first kappa shape index (κ1) is 6.27. The van der Waals surface area contributed by atoms with Gasteiger partial charge < -0.3 is 14.6 Å². The average Bonchev–Trinajstić information content (AvgIpc) is 2.28. The molecule has 2 heterocycles. The number of ether oxygens (including phenoxy) is 2. The number of hydrogen-bond donors (Lipinski definition) is 1. The number of ketones is 1. The Kier molecular flexibility index (Phi) is 1.26. The third-order valence-corrected chi connectivity index (χ3v) is 1.81. The van der Waals surface area contributed by atoms with Crippen molar-refractivity contribution in [2.24, 2.45) is 0 Å². The first-order chi connectivity index (χ1) is 4.77. The summed E-state index contributed by atoms with van der Waals surface area (Å²) < 4.78 is 9.93. The van der Waals surface area contributed by atoms with Crippen molar-refractivity contribution in [2.75, 3.05) is 6.61 Å². The highest BCUT2D eigenvalue weighted by atomic mass is 16.7. The molecule has 0 aromatic rings. The lowest BCUT2D eigenvalue weighted by molar-refractivity contribution is -0.162. The Morgan fingerprint density at radius 3 is 3.20 bits per heavy atom. The summed E-state index contributed by atoms with van der Waals surface area (Å²) in [4.78, 5) is 10.9. The lowest BCUT2D eigenvalue weighted by atomic mass is 10.1. The fraction of sp³-hybridized carbons (Fsp3) is 0.833. The van der Waals surface area contributed by atoms with Gasteiger partial charge in [-0.25, -0.2) is 0 Å². The molecule has 4 nitrogen and oxygen atoms in total. The van der Waals surface area contributed by atoms with Gasteiger partial charge in [0.25, 0.3) is 0 Å². The molecule has 2 aliphatic heterocycles. The highest BCUT2D eigenvalue weighted by Crippen LogP contribution is 2.24. The Morgan fingerprint density at radius 1 is 1.60 bits per heavy atom. The third-order valence-electron chi connectivity index (χ3n) is 1.81. The molecule has 0 amide bonds. The molecule has 4 heteroatoms. The van der Waals surface area contributed by atoms with Crippen LogP contribution in [0.5, 0.6) is 0 Å². The Balaban J connectivity index is 2.16. The summed E-state index contributed by atoms with van der Waals surface area (Å²) in [6, 6.07) is 0. The minimum atomic E-state index is -0.687. The normalized spacial score (nSPS) is 46.1. The number of aliphatic hydroxyl groups excluding tert-OH is 1. The monoisotopic (exact) mass is 144 g/mol. The van der Waals surface area contributed by atoms with E-state index in [1.807, 2.05) is 0 Å². The lowest BCUT2D eigenvalue weighted by Crippen LogP contribution is -2.38. The van der Waals surface area contributed by atoms with Crippen LogP contribution in [0.1, 0.15) is 6.42 Å². The van der Waals surface area contributed by atoms with Crippen LogP contribution in [0.3, 0.4) is 0 Å². The molecule has 3 atom stereocenters. The van der Waals surface area contributed by atoms with Crippen LogP contribution < -0.4 is 0 Å². The molecule has 2 aliphatic rings. The molecule has 0 radical (unpaired) electrons. The maximum atomic E-state index is 10.9. The fourth-order valence-electron chi connectivity index (χ4n) is 1.22. The molecule has 2 rings (SSSR count). The minimum absolute atomic E-state index is 0.152. The van der Waals surface area contributed by atoms with Crippen LogP contribution in [0, 0.1) is 0 Å². The molecule has 0 aromatic heterocycles. The lowest BCUT2D eigenvalue weighted by Gasteiger charge is -2.21. The molecular formula is C6H8O4. The third kappa shape index (κ3) is 0.767. The maximum Gasteiger partial charge on any atom is 0.218 e. The molecule has 56 valence electrons. The largest absolute Gasteiger partial charge is 0.390 e. The second kappa shape index (κ2) is 2.02. The van der Waals surface area contributed by atoms with Crippen molar-refractivity contribution in [3.63, 3.8) is 0 Å². The summed E-state index contributed by atoms with van der Waals surface area (Å²) in [6.07, 6.45) is -1.45. The van der Waals surface area contributed by atoms with E-state index in [9.17, 15) is 4.79 Å². The number of aliphatic hydroxyl groups is 1. The number of fused-ring (bicyclic) bond motifs is 2. The zero-order valence-corrected chi connectivity index (χ0v) is 5.32. The first-order valence-corrected chi connectivity index (χ1v) is 3.25. The summed E-state index contributed by atoms with van der Waals surface area (Å²) in [6.45, 7) is 0.345. The molecule has 0 aliphatic carbocycles. The summed E-state index contributed by atoms with van der Waals surface area (Å²) in [5.74, 6) is -0.152. The molecule has 0 saturated carbocycles. The molecule has 2 saturated heterocycles. The molecule has 0 unspecified atom stereocenters. The van der Waals surface area contributed by atoms with Crippen LogP contribution in [-0.2, 0) is 14.3 Å². The van der Waals surface area contributed by atoms with Gasteiger partial charge in [0.15, 0.2) is 5.78 Å². The Bertz CT molecular complexity index is 167. The molecule has 1 N–H and O–H groups in total. The topological polar surface area (TPSA) is 55.8 Å². The predicted octanol–water partition coefficient (Wildman–Crippen LogP) is -0.938. The van der Waals surface area contributed by atoms with Gasteiger partial charge in [0, 0.05) is 6.42 Å². The van der Waals surface area contributed by atoms with E-state index < -0.39 is 12.4 Å². The molecule has 10 heavy (non-hydrogen) atoms. The molecule has 0 aromatic carbocycles. The van der Waals surface area contributed by atoms with E-state index >= 15 is 0 Å². The van der Waals surface area contributed by atoms with Crippen LogP contribution in [-0.4, -0.2) is 36.0 Å². The van der Waals surface area contributed by atoms with E-state index in [0.29, 0.717) is 6.61 Å². The molecule has 0 spiro atoms. The van der Waals surface area contributed by atoms with Crippen molar-refractivity contribution in [2.45, 2.75) is 24.9 Å². The summed E-state index contributed by atoms with van der Waals surface area (Å²) in [5.41, 5.74) is 0. The van der Waals surface area contributed by atoms with Gasteiger partial charge >= 0.3 is 0 Å². The fourth-order valence-corrected chi connectivity index (χ4v) is 1.22. The van der Waals surface area contributed by atoms with E-state index in [-0.39, 0.29) is 18.3 Å². The minimum Gasteiger partial charge on any atom is -0.390 e. The van der Waals surface area contributed by atoms with Crippen molar-refractivity contribution in [1.82, 2.24) is 0 Å². The number of hydrogen-bond acceptors (Lipinski definition) is 4. The average molecular weight is 144 g/mol. The summed E-state index contributed by atoms with van der Waals surface area (Å²) in [5, 5.41) is 9.14. The maximum absolute atomic E-state index is 10.9. The van der Waals surface area contributed by atoms with Crippen molar-refractivity contribution in [3.05, 3.63) is 0 Å². The number of Topliss-reactive ketones (excluding diaryl/α,β-unsaturated/α-hetero) is 1. The number of rotatable bonds is 0. The van der Waals surface area contributed by atoms with Gasteiger partial charge in [-0.3, -0.25) is 4.79 Å². The molecule has 2 fully saturated rings. The standard InChI is InChI=1S/C6H8O4/c7-3-1-4(8)6-9-2-5(3)10-6/h3,5-7H,1-2H2/t3-,5-,6-/m1/s1. The molecule has 2 bridgehead atoms. The van der Waals surface area contributed by atoms with Crippen LogP contribution in [0.25, 0.3) is 0 Å². The highest BCUT2D eigenvalue weighted by molar-refractivity contribution is 5.83. The zero-order valence-electron chi connectivity index (χ0n) is 5.32. The summed E-state index contributed by atoms with van der Waals surface area (Å²) in [7, 11) is 0. The Morgan fingerprint density at radius 2 is 2.40 bits per heavy atom. The predicted molar refractivity (Wildman–Crippen MR) is 30.2 cm³/mol. The zero-order chi connectivity index (χ0) is 7.14. The van der Waals surface area contributed by atoms with E-state index in [0.717, 1.165) is 0 Å². The van der Waals surface area contributed by atoms with E-state index in [1.165, 1.54) is 0 Å². The van der Waals surface area contributed by atoms with Gasteiger partial charge in [0.05, 0.1) is 12.7 Å². The Labute approximate surface area is 57.7 Å². The van der Waals surface area contributed by atoms with Crippen LogP contribution in [0.15, 0.2) is 0 Å². The second-order valence-corrected chi connectivity index (χ2v) is 2.58. The van der Waals surface area contributed by atoms with Gasteiger partial charge in [0.2, 0.25) is 6.29 Å². The number of carbonyl (C=O) groups is 1. The second-order valence-electron chi connectivity index (χ2n) is 2.58. The van der Waals surface area contributed by atoms with Gasteiger partial charge in [-0.1, -0.05) is 0 Å². The quantitative estimate of drug-likeness (QED) is 0.476. The van der Waals surface area contributed by atoms with Crippen molar-refractivity contribution in [3.8, 4) is 0 Å². The SMILES string of the molecule is O=C1C[C@@H](O)[C@H]2CO[C@@H]1O2. The van der Waals surface area contributed by atoms with Crippen molar-refractivity contribution in [1.29, 1.82) is 0 Å². The van der Waals surface area contributed by atoms with Gasteiger partial charge in [0.1, 0.15) is 6.10 Å². The van der Waals surface area contributed by atoms with E-state index in [4.69, 9.17) is 14.6 Å². The van der Waals surface area contributed by atoms with Crippen LogP contribution in [0.4, 0.5) is 0 Å². The van der Waals surface area contributed by atoms with Gasteiger partial charge in [-0.05, 0) is 0 Å².